The molecule has 1 heterocycles. The zero-order chi connectivity index (χ0) is 20.8. The second-order valence-corrected chi connectivity index (χ2v) is 7.43. The molecule has 1 aromatic heterocycles. The number of carbonyl (C=O) groups excluding carboxylic acids is 2. The molecule has 30 heavy (non-hydrogen) atoms. The number of urea groups is 1. The molecule has 0 saturated heterocycles. The molecule has 3 aromatic rings. The molecule has 0 radical (unpaired) electrons. The summed E-state index contributed by atoms with van der Waals surface area (Å²) in [7, 11) is 0. The van der Waals surface area contributed by atoms with Crippen LogP contribution in [-0.2, 0) is 0 Å². The summed E-state index contributed by atoms with van der Waals surface area (Å²) in [6.07, 6.45) is 7.58. The zero-order valence-corrected chi connectivity index (χ0v) is 16.7. The number of nitrogens with one attached hydrogen (secondary N) is 3. The maximum Gasteiger partial charge on any atom is 0.323 e. The van der Waals surface area contributed by atoms with Crippen LogP contribution >= 0.6 is 0 Å². The first-order valence-electron chi connectivity index (χ1n) is 10.3. The van der Waals surface area contributed by atoms with E-state index in [4.69, 9.17) is 0 Å². The summed E-state index contributed by atoms with van der Waals surface area (Å²) in [4.78, 5) is 24.8. The lowest BCUT2D eigenvalue weighted by Gasteiger charge is -2.23. The van der Waals surface area contributed by atoms with Crippen molar-refractivity contribution in [3.8, 4) is 0 Å². The van der Waals surface area contributed by atoms with E-state index in [0.29, 0.717) is 23.0 Å². The Morgan fingerprint density at radius 2 is 1.47 bits per heavy atom. The van der Waals surface area contributed by atoms with Crippen LogP contribution in [-0.4, -0.2) is 21.7 Å². The summed E-state index contributed by atoms with van der Waals surface area (Å²) < 4.78 is 1.93. The van der Waals surface area contributed by atoms with E-state index < -0.39 is 0 Å². The molecule has 4 rings (SSSR count). The molecule has 0 unspecified atom stereocenters. The van der Waals surface area contributed by atoms with Crippen molar-refractivity contribution in [2.24, 2.45) is 0 Å². The monoisotopic (exact) mass is 403 g/mol. The van der Waals surface area contributed by atoms with Gasteiger partial charge < -0.3 is 16.0 Å². The Kier molecular flexibility index (Phi) is 6.08. The predicted octanol–water partition coefficient (Wildman–Crippen LogP) is 5.28. The number of benzene rings is 2. The van der Waals surface area contributed by atoms with E-state index in [-0.39, 0.29) is 11.9 Å². The fourth-order valence-electron chi connectivity index (χ4n) is 3.74. The van der Waals surface area contributed by atoms with Crippen molar-refractivity contribution in [3.05, 3.63) is 72.4 Å². The molecule has 1 fully saturated rings. The van der Waals surface area contributed by atoms with Gasteiger partial charge in [-0.1, -0.05) is 37.5 Å². The van der Waals surface area contributed by atoms with Gasteiger partial charge in [0.05, 0.1) is 12.2 Å². The molecule has 7 nitrogen and oxygen atoms in total. The summed E-state index contributed by atoms with van der Waals surface area (Å²) >= 11 is 0. The number of amides is 3. The molecule has 1 aliphatic rings. The predicted molar refractivity (Wildman–Crippen MR) is 118 cm³/mol. The van der Waals surface area contributed by atoms with Gasteiger partial charge in [-0.25, -0.2) is 9.48 Å². The maximum atomic E-state index is 12.7. The molecule has 0 spiro atoms. The van der Waals surface area contributed by atoms with Crippen molar-refractivity contribution in [1.82, 2.24) is 9.78 Å². The van der Waals surface area contributed by atoms with Crippen LogP contribution < -0.4 is 16.0 Å². The third kappa shape index (κ3) is 4.86. The van der Waals surface area contributed by atoms with Crippen molar-refractivity contribution in [2.75, 3.05) is 16.0 Å². The third-order valence-corrected chi connectivity index (χ3v) is 5.27. The van der Waals surface area contributed by atoms with Gasteiger partial charge in [0.25, 0.3) is 5.91 Å². The topological polar surface area (TPSA) is 88.1 Å². The smallest absolute Gasteiger partial charge is 0.308 e. The van der Waals surface area contributed by atoms with Gasteiger partial charge in [0.2, 0.25) is 0 Å². The van der Waals surface area contributed by atoms with Crippen molar-refractivity contribution in [3.63, 3.8) is 0 Å². The van der Waals surface area contributed by atoms with Crippen LogP contribution in [0.15, 0.2) is 66.9 Å². The van der Waals surface area contributed by atoms with Gasteiger partial charge in [-0.2, -0.15) is 5.10 Å². The number of carbonyl (C=O) groups is 2. The average molecular weight is 403 g/mol. The van der Waals surface area contributed by atoms with Crippen molar-refractivity contribution in [1.29, 1.82) is 0 Å². The zero-order valence-electron chi connectivity index (χ0n) is 16.7. The van der Waals surface area contributed by atoms with Crippen LogP contribution in [0.2, 0.25) is 0 Å². The van der Waals surface area contributed by atoms with E-state index in [0.717, 1.165) is 18.7 Å². The molecule has 0 atom stereocenters. The molecule has 7 heteroatoms. The van der Waals surface area contributed by atoms with Crippen molar-refractivity contribution in [2.45, 2.75) is 38.1 Å². The lowest BCUT2D eigenvalue weighted by molar-refractivity contribution is 0.102. The largest absolute Gasteiger partial charge is 0.323 e. The fourth-order valence-corrected chi connectivity index (χ4v) is 3.74. The van der Waals surface area contributed by atoms with Crippen LogP contribution in [0.25, 0.3) is 0 Å². The lowest BCUT2D eigenvalue weighted by atomic mass is 9.96. The Labute approximate surface area is 175 Å². The summed E-state index contributed by atoms with van der Waals surface area (Å²) in [5.41, 5.74) is 1.83. The number of aromatic nitrogens is 2. The standard InChI is InChI=1S/C23H25N5O2/c29-22(27-21-15-16-24-28(21)20-9-5-2-6-10-20)17-11-13-19(14-12-17)26-23(30)25-18-7-3-1-4-8-18/h1,3-4,7-8,11-16,20H,2,5-6,9-10H2,(H,27,29)(H2,25,26,30). The van der Waals surface area contributed by atoms with Gasteiger partial charge in [0.1, 0.15) is 5.82 Å². The molecule has 1 aliphatic carbocycles. The van der Waals surface area contributed by atoms with Gasteiger partial charge in [0.15, 0.2) is 0 Å². The van der Waals surface area contributed by atoms with E-state index in [2.05, 4.69) is 21.0 Å². The van der Waals surface area contributed by atoms with Crippen LogP contribution in [0.5, 0.6) is 0 Å². The van der Waals surface area contributed by atoms with E-state index >= 15 is 0 Å². The van der Waals surface area contributed by atoms with Crippen LogP contribution in [0.4, 0.5) is 22.0 Å². The fraction of sp³-hybridized carbons (Fsp3) is 0.261. The number of anilines is 3. The summed E-state index contributed by atoms with van der Waals surface area (Å²) in [5.74, 6) is 0.518. The first kappa shape index (κ1) is 19.7. The van der Waals surface area contributed by atoms with E-state index in [9.17, 15) is 9.59 Å². The first-order chi connectivity index (χ1) is 14.7. The highest BCUT2D eigenvalue weighted by atomic mass is 16.2. The van der Waals surface area contributed by atoms with E-state index in [1.807, 2.05) is 41.1 Å². The molecule has 0 bridgehead atoms. The van der Waals surface area contributed by atoms with E-state index in [1.165, 1.54) is 19.3 Å². The molecule has 154 valence electrons. The van der Waals surface area contributed by atoms with E-state index in [1.54, 1.807) is 30.5 Å². The molecule has 1 saturated carbocycles. The molecular weight excluding hydrogens is 378 g/mol. The molecule has 2 aromatic carbocycles. The maximum absolute atomic E-state index is 12.7. The van der Waals surface area contributed by atoms with Gasteiger partial charge in [-0.15, -0.1) is 0 Å². The minimum Gasteiger partial charge on any atom is -0.308 e. The number of hydrogen-bond donors (Lipinski definition) is 3. The van der Waals surface area contributed by atoms with Crippen LogP contribution in [0.1, 0.15) is 48.5 Å². The molecular formula is C23H25N5O2. The normalized spacial score (nSPS) is 14.1. The highest BCUT2D eigenvalue weighted by Crippen LogP contribution is 2.30. The summed E-state index contributed by atoms with van der Waals surface area (Å²) in [6, 6.07) is 17.8. The minimum atomic E-state index is -0.338. The van der Waals surface area contributed by atoms with Gasteiger partial charge in [0, 0.05) is 23.0 Å². The van der Waals surface area contributed by atoms with Crippen LogP contribution in [0, 0.1) is 0 Å². The third-order valence-electron chi connectivity index (χ3n) is 5.27. The number of hydrogen-bond acceptors (Lipinski definition) is 3. The number of rotatable bonds is 5. The van der Waals surface area contributed by atoms with Gasteiger partial charge in [-0.3, -0.25) is 4.79 Å². The molecule has 3 N–H and O–H groups in total. The van der Waals surface area contributed by atoms with Crippen molar-refractivity contribution >= 4 is 29.1 Å². The highest BCUT2D eigenvalue weighted by Gasteiger charge is 2.19. The first-order valence-corrected chi connectivity index (χ1v) is 10.3. The second-order valence-electron chi connectivity index (χ2n) is 7.43. The molecule has 3 amide bonds. The average Bonchev–Trinajstić information content (AvgIpc) is 3.23. The van der Waals surface area contributed by atoms with Crippen molar-refractivity contribution < 1.29 is 9.59 Å². The van der Waals surface area contributed by atoms with Gasteiger partial charge >= 0.3 is 6.03 Å². The SMILES string of the molecule is O=C(Nc1ccccc1)Nc1ccc(C(=O)Nc2ccnn2C2CCCCC2)cc1. The summed E-state index contributed by atoms with van der Waals surface area (Å²) in [6.45, 7) is 0. The highest BCUT2D eigenvalue weighted by molar-refractivity contribution is 6.04. The Balaban J connectivity index is 1.35. The number of para-hydroxylation sites is 1. The quantitative estimate of drug-likeness (QED) is 0.541. The second kappa shape index (κ2) is 9.26. The minimum absolute atomic E-state index is 0.201. The Bertz CT molecular complexity index is 992. The number of nitrogens with zero attached hydrogens (tertiary/aromatic N) is 2. The Hall–Kier alpha value is -3.61. The Morgan fingerprint density at radius 1 is 0.800 bits per heavy atom. The molecule has 0 aliphatic heterocycles. The summed E-state index contributed by atoms with van der Waals surface area (Å²) in [5, 5.41) is 12.9. The van der Waals surface area contributed by atoms with Crippen LogP contribution in [0.3, 0.4) is 0 Å². The Morgan fingerprint density at radius 3 is 2.17 bits per heavy atom. The van der Waals surface area contributed by atoms with Gasteiger partial charge in [-0.05, 0) is 49.2 Å². The lowest BCUT2D eigenvalue weighted by Crippen LogP contribution is -2.21.